The number of hydrogen-bond donors (Lipinski definition) is 1. The van der Waals surface area contributed by atoms with E-state index in [-0.39, 0.29) is 17.8 Å². The Morgan fingerprint density at radius 1 is 1.29 bits per heavy atom. The first-order valence-corrected chi connectivity index (χ1v) is 4.89. The van der Waals surface area contributed by atoms with Crippen molar-refractivity contribution in [3.63, 3.8) is 0 Å². The average molecular weight is 244 g/mol. The summed E-state index contributed by atoms with van der Waals surface area (Å²) < 4.78 is 37.0. The van der Waals surface area contributed by atoms with Crippen LogP contribution in [0.3, 0.4) is 0 Å². The van der Waals surface area contributed by atoms with Crippen LogP contribution in [0.1, 0.15) is 5.56 Å². The summed E-state index contributed by atoms with van der Waals surface area (Å²) in [5, 5.41) is 17.6. The fourth-order valence-corrected chi connectivity index (χ4v) is 1.47. The number of anilines is 1. The van der Waals surface area contributed by atoms with Gasteiger partial charge in [-0.3, -0.25) is 0 Å². The molecular formula is C11H11F3N2O. The Morgan fingerprint density at radius 3 is 2.47 bits per heavy atom. The summed E-state index contributed by atoms with van der Waals surface area (Å²) in [6.07, 6.45) is -4.38. The van der Waals surface area contributed by atoms with Crippen molar-refractivity contribution < 1.29 is 18.3 Å². The third-order valence-electron chi connectivity index (χ3n) is 2.11. The lowest BCUT2D eigenvalue weighted by Crippen LogP contribution is -2.36. The number of rotatable bonds is 4. The molecule has 92 valence electrons. The van der Waals surface area contributed by atoms with Crippen molar-refractivity contribution in [1.82, 2.24) is 0 Å². The lowest BCUT2D eigenvalue weighted by atomic mass is 10.1. The third kappa shape index (κ3) is 3.96. The number of nitrogens with zero attached hydrogens (tertiary/aromatic N) is 2. The lowest BCUT2D eigenvalue weighted by molar-refractivity contribution is -0.119. The minimum atomic E-state index is -4.38. The van der Waals surface area contributed by atoms with Crippen molar-refractivity contribution in [3.8, 4) is 6.07 Å². The first-order valence-electron chi connectivity index (χ1n) is 4.89. The van der Waals surface area contributed by atoms with Crippen molar-refractivity contribution in [2.75, 3.05) is 24.6 Å². The van der Waals surface area contributed by atoms with Gasteiger partial charge < -0.3 is 10.0 Å². The molecule has 0 aromatic heterocycles. The first-order chi connectivity index (χ1) is 7.98. The van der Waals surface area contributed by atoms with Crippen molar-refractivity contribution in [3.05, 3.63) is 29.8 Å². The predicted molar refractivity (Wildman–Crippen MR) is 56.5 cm³/mol. The Hall–Kier alpha value is -1.74. The number of aliphatic hydroxyl groups excluding tert-OH is 1. The Balaban J connectivity index is 3.01. The van der Waals surface area contributed by atoms with Crippen LogP contribution < -0.4 is 4.90 Å². The van der Waals surface area contributed by atoms with Gasteiger partial charge in [-0.1, -0.05) is 12.1 Å². The van der Waals surface area contributed by atoms with Crippen LogP contribution in [0, 0.1) is 11.3 Å². The molecule has 0 fully saturated rings. The normalized spacial score (nSPS) is 11.0. The first kappa shape index (κ1) is 13.3. The van der Waals surface area contributed by atoms with E-state index in [2.05, 4.69) is 0 Å². The maximum atomic E-state index is 12.3. The molecule has 0 aliphatic rings. The van der Waals surface area contributed by atoms with Crippen LogP contribution in [-0.4, -0.2) is 31.0 Å². The van der Waals surface area contributed by atoms with E-state index in [1.807, 2.05) is 6.07 Å². The zero-order chi connectivity index (χ0) is 12.9. The Morgan fingerprint density at radius 2 is 1.94 bits per heavy atom. The molecule has 0 heterocycles. The van der Waals surface area contributed by atoms with Gasteiger partial charge in [0.05, 0.1) is 17.9 Å². The van der Waals surface area contributed by atoms with E-state index in [1.54, 1.807) is 12.1 Å². The van der Waals surface area contributed by atoms with E-state index >= 15 is 0 Å². The zero-order valence-electron chi connectivity index (χ0n) is 8.91. The Bertz CT molecular complexity index is 412. The highest BCUT2D eigenvalue weighted by Crippen LogP contribution is 2.24. The van der Waals surface area contributed by atoms with Gasteiger partial charge in [0.2, 0.25) is 0 Å². The number of halogens is 3. The molecule has 0 unspecified atom stereocenters. The van der Waals surface area contributed by atoms with E-state index < -0.39 is 19.3 Å². The molecule has 0 saturated heterocycles. The second-order valence-electron chi connectivity index (χ2n) is 3.39. The van der Waals surface area contributed by atoms with Gasteiger partial charge in [-0.25, -0.2) is 0 Å². The van der Waals surface area contributed by atoms with E-state index in [4.69, 9.17) is 10.4 Å². The van der Waals surface area contributed by atoms with Crippen LogP contribution >= 0.6 is 0 Å². The third-order valence-corrected chi connectivity index (χ3v) is 2.11. The molecule has 1 aromatic carbocycles. The maximum absolute atomic E-state index is 12.3. The summed E-state index contributed by atoms with van der Waals surface area (Å²) in [4.78, 5) is 0.943. The van der Waals surface area contributed by atoms with Gasteiger partial charge in [0.1, 0.15) is 12.6 Å². The zero-order valence-corrected chi connectivity index (χ0v) is 8.91. The summed E-state index contributed by atoms with van der Waals surface area (Å²) in [7, 11) is 0. The molecular weight excluding hydrogens is 233 g/mol. The maximum Gasteiger partial charge on any atom is 0.405 e. The molecule has 0 radical (unpaired) electrons. The van der Waals surface area contributed by atoms with Gasteiger partial charge in [0, 0.05) is 6.54 Å². The number of para-hydroxylation sites is 1. The minimum absolute atomic E-state index is 0.158. The number of alkyl halides is 3. The fourth-order valence-electron chi connectivity index (χ4n) is 1.47. The van der Waals surface area contributed by atoms with Gasteiger partial charge in [-0.05, 0) is 12.1 Å². The SMILES string of the molecule is N#Cc1ccccc1N(CCO)CC(F)(F)F. The van der Waals surface area contributed by atoms with Crippen LogP contribution in [0.25, 0.3) is 0 Å². The van der Waals surface area contributed by atoms with E-state index in [1.165, 1.54) is 12.1 Å². The number of benzene rings is 1. The van der Waals surface area contributed by atoms with Gasteiger partial charge in [-0.15, -0.1) is 0 Å². The summed E-state index contributed by atoms with van der Waals surface area (Å²) in [5.74, 6) is 0. The smallest absolute Gasteiger partial charge is 0.395 e. The second kappa shape index (κ2) is 5.55. The summed E-state index contributed by atoms with van der Waals surface area (Å²) in [5.41, 5.74) is 0.339. The molecule has 0 aliphatic carbocycles. The van der Waals surface area contributed by atoms with Crippen LogP contribution in [-0.2, 0) is 0 Å². The summed E-state index contributed by atoms with van der Waals surface area (Å²) in [6.45, 7) is -1.76. The minimum Gasteiger partial charge on any atom is -0.395 e. The van der Waals surface area contributed by atoms with Crippen LogP contribution in [0.4, 0.5) is 18.9 Å². The second-order valence-corrected chi connectivity index (χ2v) is 3.39. The highest BCUT2D eigenvalue weighted by Gasteiger charge is 2.31. The van der Waals surface area contributed by atoms with Crippen LogP contribution in [0.15, 0.2) is 24.3 Å². The molecule has 0 amide bonds. The molecule has 1 aromatic rings. The van der Waals surface area contributed by atoms with Crippen LogP contribution in [0.5, 0.6) is 0 Å². The van der Waals surface area contributed by atoms with E-state index in [0.717, 1.165) is 4.90 Å². The standard InChI is InChI=1S/C11H11F3N2O/c12-11(13,14)8-16(5-6-17)10-4-2-1-3-9(10)7-15/h1-4,17H,5-6,8H2. The molecule has 0 bridgehead atoms. The quantitative estimate of drug-likeness (QED) is 0.880. The highest BCUT2D eigenvalue weighted by atomic mass is 19.4. The molecule has 17 heavy (non-hydrogen) atoms. The molecule has 1 N–H and O–H groups in total. The molecule has 0 spiro atoms. The van der Waals surface area contributed by atoms with Gasteiger partial charge in [0.25, 0.3) is 0 Å². The molecule has 0 saturated carbocycles. The number of nitriles is 1. The van der Waals surface area contributed by atoms with Crippen molar-refractivity contribution in [1.29, 1.82) is 5.26 Å². The van der Waals surface area contributed by atoms with Gasteiger partial charge in [0.15, 0.2) is 0 Å². The van der Waals surface area contributed by atoms with E-state index in [9.17, 15) is 13.2 Å². The predicted octanol–water partition coefficient (Wildman–Crippen LogP) is 1.92. The largest absolute Gasteiger partial charge is 0.405 e. The molecule has 3 nitrogen and oxygen atoms in total. The molecule has 1 rings (SSSR count). The van der Waals surface area contributed by atoms with E-state index in [0.29, 0.717) is 0 Å². The number of hydrogen-bond acceptors (Lipinski definition) is 3. The van der Waals surface area contributed by atoms with Gasteiger partial charge in [-0.2, -0.15) is 18.4 Å². The fraction of sp³-hybridized carbons (Fsp3) is 0.364. The average Bonchev–Trinajstić information content (AvgIpc) is 2.27. The summed E-state index contributed by atoms with van der Waals surface area (Å²) in [6, 6.07) is 7.83. The lowest BCUT2D eigenvalue weighted by Gasteiger charge is -2.25. The monoisotopic (exact) mass is 244 g/mol. The Kier molecular flexibility index (Phi) is 4.35. The topological polar surface area (TPSA) is 47.3 Å². The van der Waals surface area contributed by atoms with Crippen LogP contribution in [0.2, 0.25) is 0 Å². The van der Waals surface area contributed by atoms with Gasteiger partial charge >= 0.3 is 6.18 Å². The van der Waals surface area contributed by atoms with Crippen molar-refractivity contribution in [2.24, 2.45) is 0 Å². The molecule has 0 atom stereocenters. The molecule has 0 aliphatic heterocycles. The molecule has 6 heteroatoms. The summed E-state index contributed by atoms with van der Waals surface area (Å²) >= 11 is 0. The number of aliphatic hydroxyl groups is 1. The highest BCUT2D eigenvalue weighted by molar-refractivity contribution is 5.59. The Labute approximate surface area is 96.7 Å². The van der Waals surface area contributed by atoms with Crippen molar-refractivity contribution >= 4 is 5.69 Å². The van der Waals surface area contributed by atoms with Crippen molar-refractivity contribution in [2.45, 2.75) is 6.18 Å².